The molecule has 2 N–H and O–H groups in total. The molecule has 1 aliphatic heterocycles. The number of hydrogen-bond acceptors (Lipinski definition) is 5. The van der Waals surface area contributed by atoms with Crippen LogP contribution in [0.3, 0.4) is 0 Å². The van der Waals surface area contributed by atoms with Crippen LogP contribution < -0.4 is 5.32 Å². The van der Waals surface area contributed by atoms with Gasteiger partial charge < -0.3 is 10.3 Å². The van der Waals surface area contributed by atoms with E-state index in [2.05, 4.69) is 15.3 Å². The number of aromatic nitrogens is 2. The predicted octanol–water partition coefficient (Wildman–Crippen LogP) is 2.29. The lowest BCUT2D eigenvalue weighted by atomic mass is 10.1. The first kappa shape index (κ1) is 19.2. The number of carbonyl (C=O) groups is 1. The van der Waals surface area contributed by atoms with Gasteiger partial charge in [-0.2, -0.15) is 16.1 Å². The van der Waals surface area contributed by atoms with Gasteiger partial charge in [-0.15, -0.1) is 0 Å². The third kappa shape index (κ3) is 4.06. The number of sulfonamides is 1. The van der Waals surface area contributed by atoms with Gasteiger partial charge >= 0.3 is 0 Å². The first-order chi connectivity index (χ1) is 12.4. The molecule has 1 amide bonds. The van der Waals surface area contributed by atoms with Crippen molar-refractivity contribution in [1.82, 2.24) is 19.6 Å². The van der Waals surface area contributed by atoms with Gasteiger partial charge in [0.15, 0.2) is 0 Å². The lowest BCUT2D eigenvalue weighted by Crippen LogP contribution is -2.37. The number of amides is 1. The van der Waals surface area contributed by atoms with Gasteiger partial charge in [0.05, 0.1) is 11.1 Å². The number of carbonyl (C=O) groups excluding carboxylic acids is 1. The number of thioether (sulfide) groups is 1. The van der Waals surface area contributed by atoms with Crippen molar-refractivity contribution in [3.8, 4) is 0 Å². The fraction of sp³-hybridized carbons (Fsp3) is 0.375. The Hall–Kier alpha value is -1.55. The highest BCUT2D eigenvalue weighted by Crippen LogP contribution is 2.23. The number of nitrogens with zero attached hydrogens (tertiary/aromatic N) is 2. The maximum atomic E-state index is 12.7. The summed E-state index contributed by atoms with van der Waals surface area (Å²) >= 11 is 7.82. The normalized spacial score (nSPS) is 17.0. The van der Waals surface area contributed by atoms with Gasteiger partial charge in [0.2, 0.25) is 10.0 Å². The van der Waals surface area contributed by atoms with E-state index in [1.54, 1.807) is 30.9 Å². The molecule has 1 aliphatic rings. The molecule has 1 saturated heterocycles. The second-order valence-electron chi connectivity index (χ2n) is 5.86. The van der Waals surface area contributed by atoms with E-state index in [-0.39, 0.29) is 16.6 Å². The zero-order valence-corrected chi connectivity index (χ0v) is 16.5. The van der Waals surface area contributed by atoms with Gasteiger partial charge in [0.1, 0.15) is 10.6 Å². The topological polar surface area (TPSA) is 95.2 Å². The first-order valence-electron chi connectivity index (χ1n) is 8.06. The molecule has 3 heterocycles. The molecular formula is C16H19ClN4O3S2. The number of pyridine rings is 1. The van der Waals surface area contributed by atoms with Crippen molar-refractivity contribution in [3.63, 3.8) is 0 Å². The Morgan fingerprint density at radius 2 is 2.15 bits per heavy atom. The van der Waals surface area contributed by atoms with Crippen LogP contribution in [0.4, 0.5) is 0 Å². The molecule has 0 aromatic carbocycles. The zero-order valence-electron chi connectivity index (χ0n) is 14.1. The molecule has 0 bridgehead atoms. The average molecular weight is 415 g/mol. The van der Waals surface area contributed by atoms with E-state index in [0.717, 1.165) is 17.1 Å². The summed E-state index contributed by atoms with van der Waals surface area (Å²) in [7, 11) is -3.58. The molecule has 1 atom stereocenters. The Balaban J connectivity index is 1.73. The van der Waals surface area contributed by atoms with Gasteiger partial charge in [-0.05, 0) is 24.6 Å². The van der Waals surface area contributed by atoms with Crippen molar-refractivity contribution in [2.45, 2.75) is 17.9 Å². The van der Waals surface area contributed by atoms with Crippen molar-refractivity contribution in [3.05, 3.63) is 47.0 Å². The smallest absolute Gasteiger partial charge is 0.268 e. The number of H-pyrrole nitrogens is 1. The molecule has 1 fully saturated rings. The van der Waals surface area contributed by atoms with Gasteiger partial charge in [-0.1, -0.05) is 11.6 Å². The van der Waals surface area contributed by atoms with Crippen LogP contribution in [0.2, 0.25) is 5.02 Å². The number of aromatic amines is 1. The van der Waals surface area contributed by atoms with Crippen LogP contribution >= 0.6 is 23.4 Å². The van der Waals surface area contributed by atoms with Crippen molar-refractivity contribution >= 4 is 39.3 Å². The lowest BCUT2D eigenvalue weighted by Gasteiger charge is -2.24. The van der Waals surface area contributed by atoms with E-state index in [9.17, 15) is 13.2 Å². The highest BCUT2D eigenvalue weighted by Gasteiger charge is 2.28. The molecule has 0 aliphatic carbocycles. The van der Waals surface area contributed by atoms with Crippen LogP contribution in [0.15, 0.2) is 35.6 Å². The monoisotopic (exact) mass is 414 g/mol. The Kier molecular flexibility index (Phi) is 5.91. The molecule has 0 spiro atoms. The summed E-state index contributed by atoms with van der Waals surface area (Å²) in [6.45, 7) is 2.76. The van der Waals surface area contributed by atoms with Gasteiger partial charge in [0.25, 0.3) is 5.91 Å². The van der Waals surface area contributed by atoms with Crippen LogP contribution in [0.1, 0.15) is 29.0 Å². The summed E-state index contributed by atoms with van der Waals surface area (Å²) in [6.07, 6.45) is 4.46. The SMILES string of the molecule is CC(NC(=O)c1cc(S(=O)(=O)N2CCSCC2)c[nH]1)c1ccncc1Cl. The fourth-order valence-corrected chi connectivity index (χ4v) is 5.53. The Labute approximate surface area is 161 Å². The van der Waals surface area contributed by atoms with Crippen molar-refractivity contribution in [1.29, 1.82) is 0 Å². The summed E-state index contributed by atoms with van der Waals surface area (Å²) in [5, 5.41) is 3.26. The number of nitrogens with one attached hydrogen (secondary N) is 2. The van der Waals surface area contributed by atoms with Crippen molar-refractivity contribution in [2.75, 3.05) is 24.6 Å². The minimum absolute atomic E-state index is 0.101. The summed E-state index contributed by atoms with van der Waals surface area (Å²) in [5.41, 5.74) is 0.923. The third-order valence-electron chi connectivity index (χ3n) is 4.13. The van der Waals surface area contributed by atoms with E-state index in [1.807, 2.05) is 0 Å². The first-order valence-corrected chi connectivity index (χ1v) is 11.0. The summed E-state index contributed by atoms with van der Waals surface area (Å²) in [5.74, 6) is 1.16. The molecular weight excluding hydrogens is 396 g/mol. The Morgan fingerprint density at radius 1 is 1.42 bits per heavy atom. The van der Waals surface area contributed by atoms with Crippen LogP contribution in [0.25, 0.3) is 0 Å². The predicted molar refractivity (Wildman–Crippen MR) is 102 cm³/mol. The number of halogens is 1. The minimum atomic E-state index is -3.58. The van der Waals surface area contributed by atoms with E-state index in [0.29, 0.717) is 18.1 Å². The van der Waals surface area contributed by atoms with Crippen LogP contribution in [-0.4, -0.2) is 53.2 Å². The largest absolute Gasteiger partial charge is 0.356 e. The molecule has 0 radical (unpaired) electrons. The second kappa shape index (κ2) is 7.99. The molecule has 2 aromatic rings. The highest BCUT2D eigenvalue weighted by atomic mass is 35.5. The molecule has 3 rings (SSSR count). The van der Waals surface area contributed by atoms with E-state index < -0.39 is 15.9 Å². The summed E-state index contributed by atoms with van der Waals surface area (Å²) < 4.78 is 26.8. The zero-order chi connectivity index (χ0) is 18.7. The highest BCUT2D eigenvalue weighted by molar-refractivity contribution is 7.99. The van der Waals surface area contributed by atoms with Gasteiger partial charge in [-0.25, -0.2) is 8.42 Å². The fourth-order valence-electron chi connectivity index (χ4n) is 2.68. The molecule has 10 heteroatoms. The van der Waals surface area contributed by atoms with Crippen molar-refractivity contribution < 1.29 is 13.2 Å². The van der Waals surface area contributed by atoms with Crippen LogP contribution in [0.5, 0.6) is 0 Å². The third-order valence-corrected chi connectivity index (χ3v) is 7.26. The molecule has 0 saturated carbocycles. The van der Waals surface area contributed by atoms with Crippen LogP contribution in [-0.2, 0) is 10.0 Å². The second-order valence-corrected chi connectivity index (χ2v) is 9.43. The molecule has 26 heavy (non-hydrogen) atoms. The Morgan fingerprint density at radius 3 is 2.85 bits per heavy atom. The maximum Gasteiger partial charge on any atom is 0.268 e. The number of hydrogen-bond donors (Lipinski definition) is 2. The molecule has 7 nitrogen and oxygen atoms in total. The van der Waals surface area contributed by atoms with Gasteiger partial charge in [0, 0.05) is 43.2 Å². The summed E-state index contributed by atoms with van der Waals surface area (Å²) in [4.78, 5) is 19.2. The molecule has 140 valence electrons. The average Bonchev–Trinajstić information content (AvgIpc) is 3.14. The standard InChI is InChI=1S/C16H19ClN4O3S2/c1-11(13-2-3-18-10-14(13)17)20-16(22)15-8-12(9-19-15)26(23,24)21-4-6-25-7-5-21/h2-3,8-11,19H,4-7H2,1H3,(H,20,22). The summed E-state index contributed by atoms with van der Waals surface area (Å²) in [6, 6.07) is 2.75. The lowest BCUT2D eigenvalue weighted by molar-refractivity contribution is 0.0935. The van der Waals surface area contributed by atoms with Gasteiger partial charge in [-0.3, -0.25) is 9.78 Å². The molecule has 2 aromatic heterocycles. The van der Waals surface area contributed by atoms with E-state index >= 15 is 0 Å². The maximum absolute atomic E-state index is 12.7. The van der Waals surface area contributed by atoms with Crippen molar-refractivity contribution in [2.24, 2.45) is 0 Å². The minimum Gasteiger partial charge on any atom is -0.356 e. The number of rotatable bonds is 5. The Bertz CT molecular complexity index is 894. The molecule has 1 unspecified atom stereocenters. The van der Waals surface area contributed by atoms with E-state index in [1.165, 1.54) is 22.8 Å². The van der Waals surface area contributed by atoms with Crippen LogP contribution in [0, 0.1) is 0 Å². The van der Waals surface area contributed by atoms with E-state index in [4.69, 9.17) is 11.6 Å². The quantitative estimate of drug-likeness (QED) is 0.782.